The SMILES string of the molecule is COC(=O)Cc1ccc(OP(Oc2ccc(CC(=O)OC)cc2)C2=CC(C)C(c3ccc(P(Oc4ccc(CC(=O)OC)cc4)Oc4ccc(CC(=O)OC)cc4)cc3)C=C2)cc1. The first-order valence-electron chi connectivity index (χ1n) is 20.0. The Hall–Kier alpha value is -6.48. The minimum absolute atomic E-state index is 0.0348. The molecule has 0 heterocycles. The van der Waals surface area contributed by atoms with Crippen molar-refractivity contribution in [3.63, 3.8) is 0 Å². The molecule has 0 saturated carbocycles. The number of esters is 4. The summed E-state index contributed by atoms with van der Waals surface area (Å²) in [5, 5.41) is 1.71. The molecular weight excluding hydrogens is 842 g/mol. The van der Waals surface area contributed by atoms with Crippen molar-refractivity contribution in [1.29, 1.82) is 0 Å². The molecule has 0 fully saturated rings. The highest BCUT2D eigenvalue weighted by Crippen LogP contribution is 2.51. The molecule has 0 amide bonds. The second-order valence-corrected chi connectivity index (χ2v) is 17.2. The largest absolute Gasteiger partial charge is 0.469 e. The minimum atomic E-state index is -1.68. The van der Waals surface area contributed by atoms with Crippen molar-refractivity contribution in [2.45, 2.75) is 38.5 Å². The molecule has 0 spiro atoms. The van der Waals surface area contributed by atoms with Gasteiger partial charge < -0.3 is 37.0 Å². The Kier molecular flexibility index (Phi) is 16.5. The van der Waals surface area contributed by atoms with E-state index in [1.165, 1.54) is 28.4 Å². The summed E-state index contributed by atoms with van der Waals surface area (Å²) in [6.07, 6.45) is 6.94. The fraction of sp³-hybridized carbons (Fsp3) is 0.224. The third kappa shape index (κ3) is 13.5. The summed E-state index contributed by atoms with van der Waals surface area (Å²) in [4.78, 5) is 47.3. The Morgan fingerprint density at radius 2 is 0.762 bits per heavy atom. The van der Waals surface area contributed by atoms with Crippen LogP contribution in [0.5, 0.6) is 23.0 Å². The van der Waals surface area contributed by atoms with E-state index < -0.39 is 16.8 Å². The van der Waals surface area contributed by atoms with Crippen molar-refractivity contribution in [2.24, 2.45) is 5.92 Å². The smallest absolute Gasteiger partial charge is 0.326 e. The van der Waals surface area contributed by atoms with Gasteiger partial charge in [-0.3, -0.25) is 19.2 Å². The summed E-state index contributed by atoms with van der Waals surface area (Å²) in [7, 11) is 2.09. The molecule has 5 aromatic carbocycles. The number of rotatable bonds is 19. The summed E-state index contributed by atoms with van der Waals surface area (Å²) >= 11 is 0. The van der Waals surface area contributed by atoms with Crippen molar-refractivity contribution >= 4 is 45.9 Å². The van der Waals surface area contributed by atoms with E-state index in [4.69, 9.17) is 37.0 Å². The van der Waals surface area contributed by atoms with E-state index in [0.717, 1.165) is 38.4 Å². The molecular formula is C49H48O12P2. The number of ether oxygens (including phenoxy) is 4. The van der Waals surface area contributed by atoms with Crippen LogP contribution in [0.15, 0.2) is 145 Å². The van der Waals surface area contributed by atoms with Crippen LogP contribution in [0.1, 0.15) is 40.7 Å². The number of methoxy groups -OCH3 is 4. The molecule has 1 aliphatic rings. The summed E-state index contributed by atoms with van der Waals surface area (Å²) in [6, 6.07) is 37.1. The second-order valence-electron chi connectivity index (χ2n) is 14.4. The lowest BCUT2D eigenvalue weighted by atomic mass is 9.84. The highest BCUT2D eigenvalue weighted by atomic mass is 31.2. The molecule has 63 heavy (non-hydrogen) atoms. The topological polar surface area (TPSA) is 142 Å². The van der Waals surface area contributed by atoms with E-state index >= 15 is 0 Å². The third-order valence-corrected chi connectivity index (χ3v) is 12.9. The molecule has 0 radical (unpaired) electrons. The van der Waals surface area contributed by atoms with Gasteiger partial charge in [-0.2, -0.15) is 0 Å². The van der Waals surface area contributed by atoms with Gasteiger partial charge in [0.15, 0.2) is 0 Å². The maximum absolute atomic E-state index is 11.8. The highest BCUT2D eigenvalue weighted by molar-refractivity contribution is 7.56. The first-order valence-corrected chi connectivity index (χ1v) is 22.3. The molecule has 6 rings (SSSR count). The second kappa shape index (κ2) is 22.6. The molecule has 0 aliphatic heterocycles. The average molecular weight is 891 g/mol. The van der Waals surface area contributed by atoms with Gasteiger partial charge in [0.25, 0.3) is 0 Å². The number of allylic oxidation sites excluding steroid dienone is 4. The van der Waals surface area contributed by atoms with Gasteiger partial charge in [0.2, 0.25) is 0 Å². The Morgan fingerprint density at radius 3 is 1.06 bits per heavy atom. The van der Waals surface area contributed by atoms with Crippen LogP contribution in [-0.2, 0) is 63.8 Å². The number of hydrogen-bond donors (Lipinski definition) is 0. The van der Waals surface area contributed by atoms with Gasteiger partial charge in [0.1, 0.15) is 23.0 Å². The quantitative estimate of drug-likeness (QED) is 0.0443. The Morgan fingerprint density at radius 1 is 0.444 bits per heavy atom. The Bertz CT molecular complexity index is 2250. The van der Waals surface area contributed by atoms with Crippen LogP contribution in [-0.4, -0.2) is 52.3 Å². The minimum Gasteiger partial charge on any atom is -0.469 e. The fourth-order valence-corrected chi connectivity index (χ4v) is 9.13. The van der Waals surface area contributed by atoms with Gasteiger partial charge in [-0.25, -0.2) is 0 Å². The number of carbonyl (C=O) groups is 4. The zero-order chi connectivity index (χ0) is 44.7. The van der Waals surface area contributed by atoms with Crippen LogP contribution < -0.4 is 23.4 Å². The predicted molar refractivity (Wildman–Crippen MR) is 240 cm³/mol. The normalized spacial score (nSPS) is 14.3. The molecule has 326 valence electrons. The molecule has 0 saturated heterocycles. The van der Waals surface area contributed by atoms with Gasteiger partial charge >= 0.3 is 40.6 Å². The lowest BCUT2D eigenvalue weighted by Gasteiger charge is -2.27. The van der Waals surface area contributed by atoms with Crippen molar-refractivity contribution in [3.8, 4) is 23.0 Å². The predicted octanol–water partition coefficient (Wildman–Crippen LogP) is 9.29. The Labute approximate surface area is 369 Å². The zero-order valence-electron chi connectivity index (χ0n) is 35.6. The van der Waals surface area contributed by atoms with E-state index in [1.54, 1.807) is 48.5 Å². The first kappa shape index (κ1) is 46.0. The lowest BCUT2D eigenvalue weighted by molar-refractivity contribution is -0.140. The Balaban J connectivity index is 1.20. The van der Waals surface area contributed by atoms with E-state index in [9.17, 15) is 19.2 Å². The molecule has 14 heteroatoms. The summed E-state index contributed by atoms with van der Waals surface area (Å²) in [6.45, 7) is 2.14. The van der Waals surface area contributed by atoms with Crippen LogP contribution in [0.4, 0.5) is 0 Å². The number of hydrogen-bond acceptors (Lipinski definition) is 12. The highest BCUT2D eigenvalue weighted by Gasteiger charge is 2.28. The molecule has 12 nitrogen and oxygen atoms in total. The molecule has 5 aromatic rings. The molecule has 2 atom stereocenters. The van der Waals surface area contributed by atoms with E-state index in [0.29, 0.717) is 23.0 Å². The van der Waals surface area contributed by atoms with Gasteiger partial charge in [0.05, 0.1) is 64.7 Å². The van der Waals surface area contributed by atoms with Crippen molar-refractivity contribution in [2.75, 3.05) is 28.4 Å². The van der Waals surface area contributed by atoms with Crippen LogP contribution in [0.2, 0.25) is 0 Å². The van der Waals surface area contributed by atoms with Gasteiger partial charge in [-0.15, -0.1) is 0 Å². The number of benzene rings is 5. The maximum Gasteiger partial charge on any atom is 0.326 e. The fourth-order valence-electron chi connectivity index (χ4n) is 6.42. The van der Waals surface area contributed by atoms with Gasteiger partial charge in [-0.1, -0.05) is 85.8 Å². The van der Waals surface area contributed by atoms with Crippen LogP contribution in [0.3, 0.4) is 0 Å². The third-order valence-electron chi connectivity index (χ3n) is 9.93. The maximum atomic E-state index is 11.8. The van der Waals surface area contributed by atoms with E-state index in [2.05, 4.69) is 31.2 Å². The zero-order valence-corrected chi connectivity index (χ0v) is 37.3. The lowest BCUT2D eigenvalue weighted by Crippen LogP contribution is -2.14. The van der Waals surface area contributed by atoms with Gasteiger partial charge in [0, 0.05) is 5.92 Å². The monoisotopic (exact) mass is 890 g/mol. The molecule has 0 aromatic heterocycles. The molecule has 0 N–H and O–H groups in total. The number of carbonyl (C=O) groups excluding carboxylic acids is 4. The summed E-state index contributed by atoms with van der Waals surface area (Å²) in [5.74, 6) is 1.05. The summed E-state index contributed by atoms with van der Waals surface area (Å²) in [5.41, 5.74) is 4.26. The first-order chi connectivity index (χ1) is 30.5. The van der Waals surface area contributed by atoms with Crippen LogP contribution >= 0.6 is 16.8 Å². The molecule has 0 bridgehead atoms. The van der Waals surface area contributed by atoms with Crippen LogP contribution in [0, 0.1) is 5.92 Å². The summed E-state index contributed by atoms with van der Waals surface area (Å²) < 4.78 is 45.2. The van der Waals surface area contributed by atoms with Crippen molar-refractivity contribution in [1.82, 2.24) is 0 Å². The average Bonchev–Trinajstić information content (AvgIpc) is 3.30. The van der Waals surface area contributed by atoms with Crippen molar-refractivity contribution in [3.05, 3.63) is 173 Å². The molecule has 1 aliphatic carbocycles. The standard InChI is InChI=1S/C49H48O12P2/c1-33-28-44(63(60-41-20-10-36(11-21-41)31-48(52)56-4)61-42-22-12-37(13-23-42)32-49(53)57-5)26-27-45(33)38-14-24-43(25-15-38)62(58-39-16-6-34(7-17-39)29-46(50)54-2)59-40-18-8-35(9-19-40)30-47(51)55-3/h6-28,33,45H,29-32H2,1-5H3. The van der Waals surface area contributed by atoms with Gasteiger partial charge in [-0.05, 0) is 94.4 Å². The van der Waals surface area contributed by atoms with Crippen LogP contribution in [0.25, 0.3) is 0 Å². The van der Waals surface area contributed by atoms with E-state index in [-0.39, 0.29) is 61.4 Å². The molecule has 2 unspecified atom stereocenters. The van der Waals surface area contributed by atoms with E-state index in [1.807, 2.05) is 66.7 Å². The van der Waals surface area contributed by atoms with Crippen molar-refractivity contribution < 1.29 is 56.2 Å².